The van der Waals surface area contributed by atoms with Gasteiger partial charge in [-0.2, -0.15) is 0 Å². The minimum Gasteiger partial charge on any atom is -0.491 e. The number of hydrogen-bond acceptors (Lipinski definition) is 3. The molecule has 1 aromatic rings. The zero-order valence-corrected chi connectivity index (χ0v) is 14.6. The summed E-state index contributed by atoms with van der Waals surface area (Å²) in [5.41, 5.74) is 1.77. The number of hydrogen-bond donors (Lipinski definition) is 1. The Morgan fingerprint density at radius 3 is 2.72 bits per heavy atom. The molecule has 134 valence electrons. The lowest BCUT2D eigenvalue weighted by Gasteiger charge is -2.22. The van der Waals surface area contributed by atoms with Crippen LogP contribution in [0.2, 0.25) is 0 Å². The molecular weight excluding hydrogens is 316 g/mol. The Bertz CT molecular complexity index is 663. The molecule has 1 aliphatic heterocycles. The van der Waals surface area contributed by atoms with Crippen LogP contribution in [-0.4, -0.2) is 29.9 Å². The number of anilines is 1. The van der Waals surface area contributed by atoms with Crippen LogP contribution in [0.25, 0.3) is 0 Å². The number of amides is 2. The van der Waals surface area contributed by atoms with Crippen LogP contribution in [0.5, 0.6) is 5.75 Å². The summed E-state index contributed by atoms with van der Waals surface area (Å²) < 4.78 is 5.81. The molecule has 2 amide bonds. The van der Waals surface area contributed by atoms with E-state index in [-0.39, 0.29) is 17.7 Å². The zero-order valence-electron chi connectivity index (χ0n) is 14.6. The summed E-state index contributed by atoms with van der Waals surface area (Å²) in [7, 11) is 0. The van der Waals surface area contributed by atoms with Crippen molar-refractivity contribution in [3.63, 3.8) is 0 Å². The summed E-state index contributed by atoms with van der Waals surface area (Å²) in [6.45, 7) is 1.72. The molecule has 2 aliphatic carbocycles. The second-order valence-electron chi connectivity index (χ2n) is 7.60. The minimum absolute atomic E-state index is 0.101. The first-order chi connectivity index (χ1) is 12.2. The molecule has 5 heteroatoms. The lowest BCUT2D eigenvalue weighted by atomic mass is 10.0. The lowest BCUT2D eigenvalue weighted by Crippen LogP contribution is -2.33. The highest BCUT2D eigenvalue weighted by Gasteiger charge is 2.30. The van der Waals surface area contributed by atoms with Gasteiger partial charge < -0.3 is 15.0 Å². The summed E-state index contributed by atoms with van der Waals surface area (Å²) in [6, 6.07) is 5.74. The number of nitrogens with one attached hydrogen (secondary N) is 1. The molecule has 25 heavy (non-hydrogen) atoms. The third kappa shape index (κ3) is 3.97. The average Bonchev–Trinajstić information content (AvgIpc) is 3.37. The summed E-state index contributed by atoms with van der Waals surface area (Å²) >= 11 is 0. The van der Waals surface area contributed by atoms with Crippen LogP contribution in [0.15, 0.2) is 18.2 Å². The lowest BCUT2D eigenvalue weighted by molar-refractivity contribution is -0.133. The van der Waals surface area contributed by atoms with Crippen molar-refractivity contribution in [3.05, 3.63) is 23.8 Å². The molecule has 0 spiro atoms. The van der Waals surface area contributed by atoms with Gasteiger partial charge >= 0.3 is 0 Å². The van der Waals surface area contributed by atoms with Gasteiger partial charge in [-0.3, -0.25) is 9.59 Å². The van der Waals surface area contributed by atoms with Crippen LogP contribution >= 0.6 is 0 Å². The van der Waals surface area contributed by atoms with Gasteiger partial charge in [0.05, 0.1) is 6.54 Å². The van der Waals surface area contributed by atoms with Crippen molar-refractivity contribution in [1.29, 1.82) is 0 Å². The van der Waals surface area contributed by atoms with Crippen LogP contribution in [-0.2, 0) is 16.1 Å². The predicted molar refractivity (Wildman–Crippen MR) is 95.3 cm³/mol. The van der Waals surface area contributed by atoms with Crippen LogP contribution in [0.3, 0.4) is 0 Å². The van der Waals surface area contributed by atoms with Crippen molar-refractivity contribution < 1.29 is 14.3 Å². The molecule has 5 nitrogen and oxygen atoms in total. The summed E-state index contributed by atoms with van der Waals surface area (Å²) in [5, 5.41) is 2.98. The van der Waals surface area contributed by atoms with Crippen LogP contribution in [0.1, 0.15) is 50.5 Å². The molecule has 3 aliphatic rings. The van der Waals surface area contributed by atoms with Gasteiger partial charge in [0.1, 0.15) is 12.4 Å². The highest BCUT2D eigenvalue weighted by atomic mass is 16.5. The molecule has 0 bridgehead atoms. The Balaban J connectivity index is 1.44. The molecular formula is C20H26N2O3. The number of fused-ring (bicyclic) bond motifs is 1. The molecule has 0 unspecified atom stereocenters. The SMILES string of the molecule is O=C(Nc1ccc2c(c1)CN(C(=O)CC1CCCC1)CCO2)C1CC1. The Hall–Kier alpha value is -2.04. The zero-order chi connectivity index (χ0) is 17.2. The molecule has 1 heterocycles. The molecule has 2 saturated carbocycles. The van der Waals surface area contributed by atoms with E-state index in [0.29, 0.717) is 32.0 Å². The summed E-state index contributed by atoms with van der Waals surface area (Å²) in [4.78, 5) is 26.6. The topological polar surface area (TPSA) is 58.6 Å². The Morgan fingerprint density at radius 1 is 1.16 bits per heavy atom. The second-order valence-corrected chi connectivity index (χ2v) is 7.60. The molecule has 2 fully saturated rings. The van der Waals surface area contributed by atoms with Gasteiger partial charge in [-0.15, -0.1) is 0 Å². The number of nitrogens with zero attached hydrogens (tertiary/aromatic N) is 1. The van der Waals surface area contributed by atoms with E-state index in [1.807, 2.05) is 23.1 Å². The fraction of sp³-hybridized carbons (Fsp3) is 0.600. The largest absolute Gasteiger partial charge is 0.491 e. The van der Waals surface area contributed by atoms with E-state index >= 15 is 0 Å². The molecule has 0 saturated heterocycles. The molecule has 0 atom stereocenters. The molecule has 1 aromatic carbocycles. The third-order valence-electron chi connectivity index (χ3n) is 5.55. The van der Waals surface area contributed by atoms with Crippen molar-refractivity contribution in [2.45, 2.75) is 51.5 Å². The number of carbonyl (C=O) groups excluding carboxylic acids is 2. The van der Waals surface area contributed by atoms with Crippen molar-refractivity contribution in [3.8, 4) is 5.75 Å². The normalized spacial score (nSPS) is 20.6. The van der Waals surface area contributed by atoms with E-state index < -0.39 is 0 Å². The van der Waals surface area contributed by atoms with Gasteiger partial charge in [-0.1, -0.05) is 12.8 Å². The van der Waals surface area contributed by atoms with E-state index in [1.54, 1.807) is 0 Å². The standard InChI is InChI=1S/C20H26N2O3/c23-19(11-14-3-1-2-4-14)22-9-10-25-18-8-7-17(12-16(18)13-22)21-20(24)15-5-6-15/h7-8,12,14-15H,1-6,9-11,13H2,(H,21,24). The maximum Gasteiger partial charge on any atom is 0.227 e. The predicted octanol–water partition coefficient (Wildman–Crippen LogP) is 3.34. The average molecular weight is 342 g/mol. The van der Waals surface area contributed by atoms with Crippen LogP contribution in [0, 0.1) is 11.8 Å². The Kier molecular flexibility index (Phi) is 4.64. The van der Waals surface area contributed by atoms with Crippen molar-refractivity contribution >= 4 is 17.5 Å². The second kappa shape index (κ2) is 7.06. The maximum absolute atomic E-state index is 12.7. The van der Waals surface area contributed by atoms with Crippen LogP contribution < -0.4 is 10.1 Å². The quantitative estimate of drug-likeness (QED) is 0.913. The molecule has 4 rings (SSSR count). The molecule has 1 N–H and O–H groups in total. The van der Waals surface area contributed by atoms with Gasteiger partial charge in [0.25, 0.3) is 0 Å². The molecule has 0 radical (unpaired) electrons. The smallest absolute Gasteiger partial charge is 0.227 e. The summed E-state index contributed by atoms with van der Waals surface area (Å²) in [5.74, 6) is 1.89. The van der Waals surface area contributed by atoms with E-state index in [0.717, 1.165) is 29.8 Å². The van der Waals surface area contributed by atoms with Crippen molar-refractivity contribution in [1.82, 2.24) is 4.90 Å². The number of rotatable bonds is 4. The first kappa shape index (κ1) is 16.4. The van der Waals surface area contributed by atoms with Crippen molar-refractivity contribution in [2.24, 2.45) is 11.8 Å². The first-order valence-corrected chi connectivity index (χ1v) is 9.53. The van der Waals surface area contributed by atoms with Crippen LogP contribution in [0.4, 0.5) is 5.69 Å². The highest BCUT2D eigenvalue weighted by Crippen LogP contribution is 2.32. The van der Waals surface area contributed by atoms with Gasteiger partial charge in [0.15, 0.2) is 0 Å². The van der Waals surface area contributed by atoms with Gasteiger partial charge in [0, 0.05) is 30.1 Å². The Morgan fingerprint density at radius 2 is 1.96 bits per heavy atom. The van der Waals surface area contributed by atoms with Gasteiger partial charge in [0.2, 0.25) is 11.8 Å². The Labute approximate surface area is 148 Å². The number of carbonyl (C=O) groups is 2. The fourth-order valence-corrected chi connectivity index (χ4v) is 3.87. The van der Waals surface area contributed by atoms with E-state index in [1.165, 1.54) is 25.7 Å². The van der Waals surface area contributed by atoms with E-state index in [2.05, 4.69) is 5.32 Å². The first-order valence-electron chi connectivity index (χ1n) is 9.53. The third-order valence-corrected chi connectivity index (χ3v) is 5.55. The van der Waals surface area contributed by atoms with Gasteiger partial charge in [-0.25, -0.2) is 0 Å². The highest BCUT2D eigenvalue weighted by molar-refractivity contribution is 5.94. The monoisotopic (exact) mass is 342 g/mol. The number of benzene rings is 1. The summed E-state index contributed by atoms with van der Waals surface area (Å²) in [6.07, 6.45) is 7.52. The molecule has 0 aromatic heterocycles. The number of ether oxygens (including phenoxy) is 1. The van der Waals surface area contributed by atoms with E-state index in [9.17, 15) is 9.59 Å². The van der Waals surface area contributed by atoms with Gasteiger partial charge in [-0.05, 0) is 49.8 Å². The minimum atomic E-state index is 0.101. The maximum atomic E-state index is 12.7. The van der Waals surface area contributed by atoms with Crippen molar-refractivity contribution in [2.75, 3.05) is 18.5 Å². The van der Waals surface area contributed by atoms with E-state index in [4.69, 9.17) is 4.74 Å². The fourth-order valence-electron chi connectivity index (χ4n) is 3.87.